The molecule has 0 aliphatic heterocycles. The molecule has 0 aromatic heterocycles. The maximum Gasteiger partial charge on any atom is 0.146 e. The van der Waals surface area contributed by atoms with E-state index in [0.717, 1.165) is 0 Å². The molecule has 9 heavy (non-hydrogen) atoms. The van der Waals surface area contributed by atoms with E-state index >= 15 is 0 Å². The highest BCUT2D eigenvalue weighted by molar-refractivity contribution is 5.80. The summed E-state index contributed by atoms with van der Waals surface area (Å²) in [6.45, 7) is 4.95. The van der Waals surface area contributed by atoms with Crippen LogP contribution in [0.5, 0.6) is 0 Å². The summed E-state index contributed by atoms with van der Waals surface area (Å²) in [7, 11) is 0. The third kappa shape index (κ3) is 5.27. The smallest absolute Gasteiger partial charge is 0.146 e. The van der Waals surface area contributed by atoms with Crippen LogP contribution in [-0.2, 0) is 0 Å². The summed E-state index contributed by atoms with van der Waals surface area (Å²) in [5, 5.41) is 9.58. The average Bonchev–Trinajstić information content (AvgIpc) is 1.62. The predicted molar refractivity (Wildman–Crippen MR) is 36.6 cm³/mol. The highest BCUT2D eigenvalue weighted by Crippen LogP contribution is 1.97. The Labute approximate surface area is 55.0 Å². The van der Waals surface area contributed by atoms with E-state index in [4.69, 9.17) is 5.41 Å². The summed E-state index contributed by atoms with van der Waals surface area (Å²) in [6, 6.07) is 0. The summed E-state index contributed by atoms with van der Waals surface area (Å²) in [5.41, 5.74) is -0.191. The van der Waals surface area contributed by atoms with Crippen LogP contribution in [0.1, 0.15) is 20.8 Å². The standard InChI is InChI=1S/C6H13FN2/c1-6(2,3)9-5(8)4-7/h4H2,1-3H3,(H2,8,9)/i7-1. The molecule has 0 saturated heterocycles. The molecule has 0 aromatic carbocycles. The summed E-state index contributed by atoms with van der Waals surface area (Å²) >= 11 is 0. The third-order valence-electron chi connectivity index (χ3n) is 0.660. The molecule has 3 heteroatoms. The van der Waals surface area contributed by atoms with Crippen LogP contribution in [0.2, 0.25) is 0 Å². The van der Waals surface area contributed by atoms with Crippen LogP contribution in [0.25, 0.3) is 0 Å². The summed E-state index contributed by atoms with van der Waals surface area (Å²) in [5.74, 6) is -0.0532. The lowest BCUT2D eigenvalue weighted by molar-refractivity contribution is 0.484. The second-order valence-corrected chi connectivity index (χ2v) is 2.99. The molecule has 0 heterocycles. The first-order chi connectivity index (χ1) is 3.95. The fourth-order valence-corrected chi connectivity index (χ4v) is 0.486. The van der Waals surface area contributed by atoms with Crippen molar-refractivity contribution in [3.63, 3.8) is 0 Å². The van der Waals surface area contributed by atoms with E-state index in [1.54, 1.807) is 0 Å². The molecule has 2 N–H and O–H groups in total. The number of alkyl halides is 1. The first-order valence-corrected chi connectivity index (χ1v) is 2.87. The highest BCUT2D eigenvalue weighted by atomic mass is 18.2. The largest absolute Gasteiger partial charge is 0.367 e. The topological polar surface area (TPSA) is 35.9 Å². The van der Waals surface area contributed by atoms with E-state index in [2.05, 4.69) is 5.32 Å². The van der Waals surface area contributed by atoms with Crippen LogP contribution < -0.4 is 5.32 Å². The minimum Gasteiger partial charge on any atom is -0.367 e. The zero-order valence-electron chi connectivity index (χ0n) is 6.09. The fraction of sp³-hybridized carbons (Fsp3) is 0.833. The number of rotatable bonds is 1. The maximum absolute atomic E-state index is 11.6. The first kappa shape index (κ1) is 8.40. The van der Waals surface area contributed by atoms with Crippen molar-refractivity contribution in [1.82, 2.24) is 5.32 Å². The first-order valence-electron chi connectivity index (χ1n) is 2.87. The number of hydrogen-bond acceptors (Lipinski definition) is 1. The van der Waals surface area contributed by atoms with Gasteiger partial charge < -0.3 is 5.32 Å². The Morgan fingerprint density at radius 1 is 1.56 bits per heavy atom. The van der Waals surface area contributed by atoms with Crippen LogP contribution in [-0.4, -0.2) is 18.0 Å². The van der Waals surface area contributed by atoms with Crippen molar-refractivity contribution in [2.24, 2.45) is 0 Å². The number of amidine groups is 1. The maximum atomic E-state index is 11.6. The highest BCUT2D eigenvalue weighted by Gasteiger charge is 2.09. The van der Waals surface area contributed by atoms with Gasteiger partial charge in [0.2, 0.25) is 0 Å². The fourth-order valence-electron chi connectivity index (χ4n) is 0.486. The normalized spacial score (nSPS) is 11.1. The van der Waals surface area contributed by atoms with E-state index in [0.29, 0.717) is 0 Å². The molecule has 0 amide bonds. The van der Waals surface area contributed by atoms with E-state index < -0.39 is 6.67 Å². The van der Waals surface area contributed by atoms with Gasteiger partial charge in [-0.15, -0.1) is 0 Å². The summed E-state index contributed by atoms with van der Waals surface area (Å²) in [6.07, 6.45) is 0. The van der Waals surface area contributed by atoms with Gasteiger partial charge in [-0.05, 0) is 20.8 Å². The molecule has 0 fully saturated rings. The Balaban J connectivity index is 3.60. The number of halogens is 1. The predicted octanol–water partition coefficient (Wildman–Crippen LogP) is 1.32. The average molecular weight is 131 g/mol. The Hall–Kier alpha value is -0.600. The molecule has 0 bridgehead atoms. The minimum absolute atomic E-state index is 0.0532. The van der Waals surface area contributed by atoms with Crippen molar-refractivity contribution in [1.29, 1.82) is 5.41 Å². The molecule has 0 radical (unpaired) electrons. The molecule has 0 rings (SSSR count). The van der Waals surface area contributed by atoms with Gasteiger partial charge in [0.1, 0.15) is 12.5 Å². The molecule has 0 aliphatic rings. The van der Waals surface area contributed by atoms with E-state index in [1.165, 1.54) is 0 Å². The second-order valence-electron chi connectivity index (χ2n) is 2.99. The molecule has 2 nitrogen and oxygen atoms in total. The molecule has 0 spiro atoms. The molecular formula is C6H13FN2. The van der Waals surface area contributed by atoms with Gasteiger partial charge in [0.05, 0.1) is 0 Å². The van der Waals surface area contributed by atoms with Gasteiger partial charge in [0.25, 0.3) is 0 Å². The van der Waals surface area contributed by atoms with Crippen molar-refractivity contribution in [3.8, 4) is 0 Å². The minimum atomic E-state index is -0.711. The Bertz CT molecular complexity index is 104. The van der Waals surface area contributed by atoms with Gasteiger partial charge in [-0.1, -0.05) is 0 Å². The van der Waals surface area contributed by atoms with Gasteiger partial charge in [-0.2, -0.15) is 0 Å². The zero-order valence-corrected chi connectivity index (χ0v) is 6.09. The van der Waals surface area contributed by atoms with Gasteiger partial charge in [0, 0.05) is 5.54 Å². The Morgan fingerprint density at radius 2 is 2.00 bits per heavy atom. The molecule has 0 saturated carbocycles. The summed E-state index contributed by atoms with van der Waals surface area (Å²) < 4.78 is 11.6. The van der Waals surface area contributed by atoms with Crippen LogP contribution >= 0.6 is 0 Å². The van der Waals surface area contributed by atoms with E-state index in [-0.39, 0.29) is 11.4 Å². The second kappa shape index (κ2) is 2.80. The van der Waals surface area contributed by atoms with Gasteiger partial charge >= 0.3 is 0 Å². The van der Waals surface area contributed by atoms with Crippen LogP contribution in [0, 0.1) is 5.41 Å². The van der Waals surface area contributed by atoms with Crippen LogP contribution in [0.4, 0.5) is 4.39 Å². The molecule has 54 valence electrons. The Kier molecular flexibility index (Phi) is 2.62. The zero-order chi connectivity index (χ0) is 7.49. The molecular weight excluding hydrogens is 118 g/mol. The van der Waals surface area contributed by atoms with Crippen LogP contribution in [0.15, 0.2) is 0 Å². The van der Waals surface area contributed by atoms with E-state index in [1.807, 2.05) is 20.8 Å². The molecule has 0 atom stereocenters. The quantitative estimate of drug-likeness (QED) is 0.408. The number of nitrogens with one attached hydrogen (secondary N) is 2. The van der Waals surface area contributed by atoms with Crippen molar-refractivity contribution < 1.29 is 4.39 Å². The Morgan fingerprint density at radius 3 is 2.11 bits per heavy atom. The number of hydrogen-bond donors (Lipinski definition) is 2. The van der Waals surface area contributed by atoms with Crippen molar-refractivity contribution in [2.75, 3.05) is 6.67 Å². The summed E-state index contributed by atoms with van der Waals surface area (Å²) in [4.78, 5) is 0. The third-order valence-corrected chi connectivity index (χ3v) is 0.660. The van der Waals surface area contributed by atoms with Crippen LogP contribution in [0.3, 0.4) is 0 Å². The van der Waals surface area contributed by atoms with Crippen molar-refractivity contribution >= 4 is 5.84 Å². The van der Waals surface area contributed by atoms with Crippen molar-refractivity contribution in [3.05, 3.63) is 0 Å². The monoisotopic (exact) mass is 131 g/mol. The van der Waals surface area contributed by atoms with Gasteiger partial charge in [-0.3, -0.25) is 5.41 Å². The van der Waals surface area contributed by atoms with Crippen molar-refractivity contribution in [2.45, 2.75) is 26.3 Å². The van der Waals surface area contributed by atoms with Gasteiger partial charge in [0.15, 0.2) is 0 Å². The molecule has 0 aliphatic carbocycles. The van der Waals surface area contributed by atoms with Gasteiger partial charge in [-0.25, -0.2) is 4.39 Å². The molecule has 0 aromatic rings. The lowest BCUT2D eigenvalue weighted by atomic mass is 10.1. The molecule has 0 unspecified atom stereocenters. The van der Waals surface area contributed by atoms with E-state index in [9.17, 15) is 4.39 Å². The lowest BCUT2D eigenvalue weighted by Gasteiger charge is -2.20. The SMILES string of the molecule is CC(C)(C)NC(=N)C[18F]. The lowest BCUT2D eigenvalue weighted by Crippen LogP contribution is -2.41.